The van der Waals surface area contributed by atoms with Gasteiger partial charge in [0.25, 0.3) is 0 Å². The summed E-state index contributed by atoms with van der Waals surface area (Å²) in [6.45, 7) is 5.07. The number of nitrogens with one attached hydrogen (secondary N) is 1. The second kappa shape index (κ2) is 9.20. The molecule has 0 aliphatic carbocycles. The van der Waals surface area contributed by atoms with Gasteiger partial charge < -0.3 is 14.8 Å². The number of hydrogen-bond acceptors (Lipinski definition) is 4. The van der Waals surface area contributed by atoms with E-state index >= 15 is 0 Å². The van der Waals surface area contributed by atoms with E-state index in [1.54, 1.807) is 7.11 Å². The van der Waals surface area contributed by atoms with Crippen molar-refractivity contribution in [3.8, 4) is 5.75 Å². The molecule has 3 rings (SSSR count). The standard InChI is InChI=1S/C20H25ClN2O2/c1-24-17-8-6-16(7-9-17)14-22-15-20(23-10-12-25-13-11-23)18-4-2-3-5-19(18)21/h2-9,20,22H,10-15H2,1H3. The number of rotatable bonds is 7. The fraction of sp³-hybridized carbons (Fsp3) is 0.400. The molecular weight excluding hydrogens is 336 g/mol. The molecule has 0 spiro atoms. The van der Waals surface area contributed by atoms with Crippen molar-refractivity contribution in [2.75, 3.05) is 40.0 Å². The third-order valence-electron chi connectivity index (χ3n) is 4.58. The van der Waals surface area contributed by atoms with E-state index in [1.165, 1.54) is 11.1 Å². The molecular formula is C20H25ClN2O2. The van der Waals surface area contributed by atoms with Crippen LogP contribution in [0.15, 0.2) is 48.5 Å². The highest BCUT2D eigenvalue weighted by Crippen LogP contribution is 2.27. The summed E-state index contributed by atoms with van der Waals surface area (Å²) < 4.78 is 10.7. The van der Waals surface area contributed by atoms with Crippen LogP contribution in [0, 0.1) is 0 Å². The van der Waals surface area contributed by atoms with Crippen molar-refractivity contribution in [1.82, 2.24) is 10.2 Å². The fourth-order valence-electron chi connectivity index (χ4n) is 3.17. The van der Waals surface area contributed by atoms with Crippen LogP contribution in [0.25, 0.3) is 0 Å². The summed E-state index contributed by atoms with van der Waals surface area (Å²) in [4.78, 5) is 2.45. The monoisotopic (exact) mass is 360 g/mol. The van der Waals surface area contributed by atoms with E-state index in [0.717, 1.165) is 50.2 Å². The normalized spacial score (nSPS) is 16.6. The van der Waals surface area contributed by atoms with E-state index < -0.39 is 0 Å². The fourth-order valence-corrected chi connectivity index (χ4v) is 3.43. The molecule has 0 amide bonds. The number of morpholine rings is 1. The average Bonchev–Trinajstić information content (AvgIpc) is 2.67. The first kappa shape index (κ1) is 18.2. The van der Waals surface area contributed by atoms with Crippen LogP contribution in [0.3, 0.4) is 0 Å². The predicted octanol–water partition coefficient (Wildman–Crippen LogP) is 3.51. The van der Waals surface area contributed by atoms with Crippen LogP contribution in [0.1, 0.15) is 17.2 Å². The van der Waals surface area contributed by atoms with E-state index in [9.17, 15) is 0 Å². The summed E-state index contributed by atoms with van der Waals surface area (Å²) in [5, 5.41) is 4.40. The Morgan fingerprint density at radius 3 is 2.52 bits per heavy atom. The Morgan fingerprint density at radius 1 is 1.12 bits per heavy atom. The highest BCUT2D eigenvalue weighted by molar-refractivity contribution is 6.31. The molecule has 1 atom stereocenters. The van der Waals surface area contributed by atoms with Gasteiger partial charge in [-0.05, 0) is 29.3 Å². The molecule has 1 fully saturated rings. The van der Waals surface area contributed by atoms with Gasteiger partial charge in [-0.2, -0.15) is 0 Å². The Balaban J connectivity index is 1.65. The largest absolute Gasteiger partial charge is 0.497 e. The highest BCUT2D eigenvalue weighted by Gasteiger charge is 2.23. The van der Waals surface area contributed by atoms with Crippen LogP contribution in [-0.4, -0.2) is 44.9 Å². The Labute approximate surface area is 154 Å². The van der Waals surface area contributed by atoms with Crippen molar-refractivity contribution >= 4 is 11.6 Å². The number of halogens is 1. The SMILES string of the molecule is COc1ccc(CNCC(c2ccccc2Cl)N2CCOCC2)cc1. The zero-order valence-corrected chi connectivity index (χ0v) is 15.3. The lowest BCUT2D eigenvalue weighted by Crippen LogP contribution is -2.42. The van der Waals surface area contributed by atoms with Gasteiger partial charge >= 0.3 is 0 Å². The molecule has 4 nitrogen and oxygen atoms in total. The van der Waals surface area contributed by atoms with Gasteiger partial charge in [0.15, 0.2) is 0 Å². The summed E-state index contributed by atoms with van der Waals surface area (Å²) in [6, 6.07) is 16.5. The Kier molecular flexibility index (Phi) is 6.70. The van der Waals surface area contributed by atoms with Gasteiger partial charge in [0.05, 0.1) is 20.3 Å². The molecule has 0 radical (unpaired) electrons. The summed E-state index contributed by atoms with van der Waals surface area (Å²) in [7, 11) is 1.68. The summed E-state index contributed by atoms with van der Waals surface area (Å²) in [5.41, 5.74) is 2.41. The van der Waals surface area contributed by atoms with Crippen molar-refractivity contribution in [3.63, 3.8) is 0 Å². The van der Waals surface area contributed by atoms with Gasteiger partial charge in [0.1, 0.15) is 5.75 Å². The molecule has 0 aromatic heterocycles. The van der Waals surface area contributed by atoms with Crippen molar-refractivity contribution in [2.24, 2.45) is 0 Å². The lowest BCUT2D eigenvalue weighted by atomic mass is 10.0. The molecule has 1 aliphatic heterocycles. The molecule has 0 bridgehead atoms. The number of methoxy groups -OCH3 is 1. The van der Waals surface area contributed by atoms with Crippen LogP contribution in [0.5, 0.6) is 5.75 Å². The first-order valence-corrected chi connectivity index (χ1v) is 9.05. The molecule has 5 heteroatoms. The second-order valence-electron chi connectivity index (χ2n) is 6.16. The van der Waals surface area contributed by atoms with Crippen LogP contribution in [-0.2, 0) is 11.3 Å². The van der Waals surface area contributed by atoms with Gasteiger partial charge in [-0.15, -0.1) is 0 Å². The quantitative estimate of drug-likeness (QED) is 0.819. The van der Waals surface area contributed by atoms with Crippen LogP contribution < -0.4 is 10.1 Å². The van der Waals surface area contributed by atoms with Gasteiger partial charge in [-0.25, -0.2) is 0 Å². The van der Waals surface area contributed by atoms with Crippen molar-refractivity contribution in [1.29, 1.82) is 0 Å². The van der Waals surface area contributed by atoms with Crippen LogP contribution >= 0.6 is 11.6 Å². The third-order valence-corrected chi connectivity index (χ3v) is 4.92. The molecule has 1 heterocycles. The molecule has 1 saturated heterocycles. The summed E-state index contributed by atoms with van der Waals surface area (Å²) >= 11 is 6.47. The van der Waals surface area contributed by atoms with Gasteiger partial charge in [-0.3, -0.25) is 4.90 Å². The number of nitrogens with zero attached hydrogens (tertiary/aromatic N) is 1. The van der Waals surface area contributed by atoms with E-state index in [0.29, 0.717) is 0 Å². The molecule has 1 unspecified atom stereocenters. The number of benzene rings is 2. The lowest BCUT2D eigenvalue weighted by Gasteiger charge is -2.35. The van der Waals surface area contributed by atoms with Crippen LogP contribution in [0.2, 0.25) is 5.02 Å². The zero-order valence-electron chi connectivity index (χ0n) is 14.6. The molecule has 25 heavy (non-hydrogen) atoms. The zero-order chi connectivity index (χ0) is 17.5. The molecule has 0 saturated carbocycles. The van der Waals surface area contributed by atoms with Crippen LogP contribution in [0.4, 0.5) is 0 Å². The van der Waals surface area contributed by atoms with E-state index in [4.69, 9.17) is 21.1 Å². The van der Waals surface area contributed by atoms with Gasteiger partial charge in [-0.1, -0.05) is 41.9 Å². The Morgan fingerprint density at radius 2 is 1.84 bits per heavy atom. The van der Waals surface area contributed by atoms with Crippen molar-refractivity contribution in [3.05, 3.63) is 64.7 Å². The molecule has 2 aromatic carbocycles. The smallest absolute Gasteiger partial charge is 0.118 e. The molecule has 1 aliphatic rings. The maximum atomic E-state index is 6.47. The van der Waals surface area contributed by atoms with E-state index in [-0.39, 0.29) is 6.04 Å². The second-order valence-corrected chi connectivity index (χ2v) is 6.57. The average molecular weight is 361 g/mol. The molecule has 1 N–H and O–H groups in total. The Hall–Kier alpha value is -1.59. The Bertz CT molecular complexity index is 657. The molecule has 2 aromatic rings. The topological polar surface area (TPSA) is 33.7 Å². The maximum Gasteiger partial charge on any atom is 0.118 e. The number of ether oxygens (including phenoxy) is 2. The minimum Gasteiger partial charge on any atom is -0.497 e. The van der Waals surface area contributed by atoms with Gasteiger partial charge in [0, 0.05) is 37.2 Å². The van der Waals surface area contributed by atoms with E-state index in [1.807, 2.05) is 24.3 Å². The molecule has 134 valence electrons. The highest BCUT2D eigenvalue weighted by atomic mass is 35.5. The lowest BCUT2D eigenvalue weighted by molar-refractivity contribution is 0.0161. The summed E-state index contributed by atoms with van der Waals surface area (Å²) in [5.74, 6) is 0.881. The maximum absolute atomic E-state index is 6.47. The first-order valence-electron chi connectivity index (χ1n) is 8.68. The van der Waals surface area contributed by atoms with Crippen molar-refractivity contribution < 1.29 is 9.47 Å². The van der Waals surface area contributed by atoms with Gasteiger partial charge in [0.2, 0.25) is 0 Å². The van der Waals surface area contributed by atoms with Crippen molar-refractivity contribution in [2.45, 2.75) is 12.6 Å². The number of hydrogen-bond donors (Lipinski definition) is 1. The minimum atomic E-state index is 0.246. The predicted molar refractivity (Wildman–Crippen MR) is 101 cm³/mol. The van der Waals surface area contributed by atoms with E-state index in [2.05, 4.69) is 34.5 Å². The summed E-state index contributed by atoms with van der Waals surface area (Å²) in [6.07, 6.45) is 0. The third kappa shape index (κ3) is 4.95. The minimum absolute atomic E-state index is 0.246. The first-order chi connectivity index (χ1) is 12.3.